The lowest BCUT2D eigenvalue weighted by atomic mass is 9.97. The number of rotatable bonds is 20. The highest BCUT2D eigenvalue weighted by Crippen LogP contribution is 2.24. The molecule has 38 heavy (non-hydrogen) atoms. The summed E-state index contributed by atoms with van der Waals surface area (Å²) in [5.41, 5.74) is 0. The van der Waals surface area contributed by atoms with E-state index in [0.29, 0.717) is 12.8 Å². The summed E-state index contributed by atoms with van der Waals surface area (Å²) in [6, 6.07) is 0. The number of esters is 1. The fraction of sp³-hybridized carbons (Fsp3) is 0.700. The number of aliphatic hydroxyl groups excluding tert-OH is 4. The van der Waals surface area contributed by atoms with Crippen molar-refractivity contribution in [1.29, 1.82) is 0 Å². The molecular formula is C30H50O8. The van der Waals surface area contributed by atoms with Crippen LogP contribution in [0.15, 0.2) is 48.6 Å². The maximum atomic E-state index is 11.9. The van der Waals surface area contributed by atoms with Crippen molar-refractivity contribution in [3.05, 3.63) is 48.6 Å². The number of aliphatic hydroxyl groups is 4. The van der Waals surface area contributed by atoms with E-state index in [2.05, 4.69) is 49.5 Å². The minimum absolute atomic E-state index is 0.242. The molecule has 1 aliphatic heterocycles. The Hall–Kier alpha value is -1.81. The SMILES string of the molecule is CCCCC/C=C\C/C=C\C/C=C\C/C=C\CCCC(=O)OCC(O)CO[C@@H]1O[C@H](CC)[C@@H](O)[C@H](O)[C@H]1O. The molecule has 1 rings (SSSR count). The van der Waals surface area contributed by atoms with E-state index < -0.39 is 42.8 Å². The van der Waals surface area contributed by atoms with Gasteiger partial charge in [-0.25, -0.2) is 0 Å². The van der Waals surface area contributed by atoms with Gasteiger partial charge in [0.1, 0.15) is 31.0 Å². The van der Waals surface area contributed by atoms with Gasteiger partial charge in [0.25, 0.3) is 0 Å². The van der Waals surface area contributed by atoms with Crippen molar-refractivity contribution in [3.63, 3.8) is 0 Å². The van der Waals surface area contributed by atoms with Crippen molar-refractivity contribution in [2.75, 3.05) is 13.2 Å². The molecule has 0 aromatic carbocycles. The lowest BCUT2D eigenvalue weighted by molar-refractivity contribution is -0.301. The first-order chi connectivity index (χ1) is 18.4. The second kappa shape index (κ2) is 22.1. The molecular weight excluding hydrogens is 488 g/mol. The smallest absolute Gasteiger partial charge is 0.305 e. The third-order valence-electron chi connectivity index (χ3n) is 6.17. The highest BCUT2D eigenvalue weighted by molar-refractivity contribution is 5.69. The largest absolute Gasteiger partial charge is 0.463 e. The molecule has 0 aromatic heterocycles. The molecule has 6 atom stereocenters. The second-order valence-corrected chi connectivity index (χ2v) is 9.57. The number of hydrogen-bond acceptors (Lipinski definition) is 8. The monoisotopic (exact) mass is 538 g/mol. The average Bonchev–Trinajstić information content (AvgIpc) is 2.92. The van der Waals surface area contributed by atoms with Crippen LogP contribution in [0.5, 0.6) is 0 Å². The molecule has 8 heteroatoms. The van der Waals surface area contributed by atoms with Crippen molar-refractivity contribution in [2.45, 2.75) is 121 Å². The standard InChI is InChI=1S/C30H50O8/c1-3-5-6-7-8-9-10-11-12-13-14-15-16-17-18-19-20-21-26(32)36-22-24(31)23-37-30-29(35)28(34)27(33)25(4-2)38-30/h8-9,11-12,14-15,17-18,24-25,27-31,33-35H,3-7,10,13,16,19-23H2,1-2H3/b9-8-,12-11-,15-14-,18-17-/t24?,25-,27-,28+,29-,30-/m1/s1. The van der Waals surface area contributed by atoms with Crippen molar-refractivity contribution in [1.82, 2.24) is 0 Å². The van der Waals surface area contributed by atoms with Gasteiger partial charge in [-0.05, 0) is 51.4 Å². The first-order valence-electron chi connectivity index (χ1n) is 14.2. The number of carbonyl (C=O) groups is 1. The quantitative estimate of drug-likeness (QED) is 0.103. The average molecular weight is 539 g/mol. The van der Waals surface area contributed by atoms with Gasteiger partial charge in [-0.15, -0.1) is 0 Å². The van der Waals surface area contributed by atoms with Gasteiger partial charge >= 0.3 is 5.97 Å². The maximum absolute atomic E-state index is 11.9. The van der Waals surface area contributed by atoms with E-state index in [1.54, 1.807) is 6.92 Å². The van der Waals surface area contributed by atoms with E-state index in [1.807, 2.05) is 6.08 Å². The molecule has 218 valence electrons. The molecule has 0 amide bonds. The Labute approximate surface area is 228 Å². The zero-order valence-corrected chi connectivity index (χ0v) is 23.2. The van der Waals surface area contributed by atoms with Crippen LogP contribution in [0.25, 0.3) is 0 Å². The number of ether oxygens (including phenoxy) is 3. The normalized spacial score (nSPS) is 25.3. The molecule has 1 saturated heterocycles. The molecule has 1 fully saturated rings. The van der Waals surface area contributed by atoms with Gasteiger partial charge in [0.15, 0.2) is 6.29 Å². The molecule has 0 aromatic rings. The number of allylic oxidation sites excluding steroid dienone is 8. The Balaban J connectivity index is 2.05. The topological polar surface area (TPSA) is 126 Å². The Bertz CT molecular complexity index is 715. The van der Waals surface area contributed by atoms with Crippen LogP contribution in [0.4, 0.5) is 0 Å². The molecule has 1 unspecified atom stereocenters. The minimum atomic E-state index is -1.44. The van der Waals surface area contributed by atoms with Gasteiger partial charge in [0.2, 0.25) is 0 Å². The van der Waals surface area contributed by atoms with Crippen LogP contribution >= 0.6 is 0 Å². The van der Waals surface area contributed by atoms with Crippen molar-refractivity contribution in [2.24, 2.45) is 0 Å². The van der Waals surface area contributed by atoms with E-state index in [4.69, 9.17) is 14.2 Å². The fourth-order valence-electron chi connectivity index (χ4n) is 3.83. The van der Waals surface area contributed by atoms with Crippen LogP contribution in [0, 0.1) is 0 Å². The number of unbranched alkanes of at least 4 members (excludes halogenated alkanes) is 4. The number of carbonyl (C=O) groups excluding carboxylic acids is 1. The third kappa shape index (κ3) is 15.6. The van der Waals surface area contributed by atoms with Gasteiger partial charge in [-0.2, -0.15) is 0 Å². The van der Waals surface area contributed by atoms with Crippen LogP contribution in [0.2, 0.25) is 0 Å². The molecule has 0 spiro atoms. The van der Waals surface area contributed by atoms with Crippen molar-refractivity contribution in [3.8, 4) is 0 Å². The molecule has 0 aliphatic carbocycles. The Morgan fingerprint density at radius 3 is 1.95 bits per heavy atom. The molecule has 0 bridgehead atoms. The highest BCUT2D eigenvalue weighted by atomic mass is 16.7. The van der Waals surface area contributed by atoms with Gasteiger partial charge < -0.3 is 34.6 Å². The first kappa shape index (κ1) is 34.2. The lowest BCUT2D eigenvalue weighted by Crippen LogP contribution is -2.58. The molecule has 1 heterocycles. The van der Waals surface area contributed by atoms with Crippen LogP contribution < -0.4 is 0 Å². The minimum Gasteiger partial charge on any atom is -0.463 e. The van der Waals surface area contributed by atoms with E-state index in [1.165, 1.54) is 25.7 Å². The molecule has 1 aliphatic rings. The number of hydrogen-bond donors (Lipinski definition) is 4. The van der Waals surface area contributed by atoms with Crippen molar-refractivity contribution >= 4 is 5.97 Å². The lowest BCUT2D eigenvalue weighted by Gasteiger charge is -2.40. The van der Waals surface area contributed by atoms with E-state index >= 15 is 0 Å². The molecule has 8 nitrogen and oxygen atoms in total. The summed E-state index contributed by atoms with van der Waals surface area (Å²) in [7, 11) is 0. The van der Waals surface area contributed by atoms with E-state index in [9.17, 15) is 25.2 Å². The van der Waals surface area contributed by atoms with Gasteiger partial charge in [0, 0.05) is 6.42 Å². The fourth-order valence-corrected chi connectivity index (χ4v) is 3.83. The first-order valence-corrected chi connectivity index (χ1v) is 14.2. The van der Waals surface area contributed by atoms with Crippen LogP contribution in [0.1, 0.15) is 84.5 Å². The summed E-state index contributed by atoms with van der Waals surface area (Å²) in [5, 5.41) is 39.7. The zero-order valence-electron chi connectivity index (χ0n) is 23.2. The summed E-state index contributed by atoms with van der Waals surface area (Å²) in [4.78, 5) is 11.9. The Kier molecular flexibility index (Phi) is 19.9. The Morgan fingerprint density at radius 2 is 1.37 bits per heavy atom. The summed E-state index contributed by atoms with van der Waals surface area (Å²) in [6.45, 7) is 3.49. The summed E-state index contributed by atoms with van der Waals surface area (Å²) < 4.78 is 15.8. The summed E-state index contributed by atoms with van der Waals surface area (Å²) in [5.74, 6) is -0.404. The summed E-state index contributed by atoms with van der Waals surface area (Å²) >= 11 is 0. The van der Waals surface area contributed by atoms with Crippen LogP contribution in [-0.4, -0.2) is 76.4 Å². The second-order valence-electron chi connectivity index (χ2n) is 9.57. The van der Waals surface area contributed by atoms with Gasteiger partial charge in [-0.1, -0.05) is 75.3 Å². The predicted molar refractivity (Wildman–Crippen MR) is 148 cm³/mol. The van der Waals surface area contributed by atoms with E-state index in [-0.39, 0.29) is 19.6 Å². The third-order valence-corrected chi connectivity index (χ3v) is 6.17. The van der Waals surface area contributed by atoms with Gasteiger partial charge in [0.05, 0.1) is 12.7 Å². The zero-order chi connectivity index (χ0) is 28.0. The van der Waals surface area contributed by atoms with Crippen LogP contribution in [0.3, 0.4) is 0 Å². The van der Waals surface area contributed by atoms with E-state index in [0.717, 1.165) is 25.7 Å². The molecule has 0 saturated carbocycles. The van der Waals surface area contributed by atoms with Crippen molar-refractivity contribution < 1.29 is 39.4 Å². The summed E-state index contributed by atoms with van der Waals surface area (Å²) in [6.07, 6.45) is 20.1. The van der Waals surface area contributed by atoms with Gasteiger partial charge in [-0.3, -0.25) is 4.79 Å². The molecule has 0 radical (unpaired) electrons. The predicted octanol–water partition coefficient (Wildman–Crippen LogP) is 4.27. The molecule has 4 N–H and O–H groups in total. The maximum Gasteiger partial charge on any atom is 0.305 e. The highest BCUT2D eigenvalue weighted by Gasteiger charge is 2.43. The van der Waals surface area contributed by atoms with Crippen LogP contribution in [-0.2, 0) is 19.0 Å². The Morgan fingerprint density at radius 1 is 0.789 bits per heavy atom.